The van der Waals surface area contributed by atoms with Crippen LogP contribution >= 0.6 is 0 Å². The van der Waals surface area contributed by atoms with Crippen LogP contribution in [0.3, 0.4) is 0 Å². The van der Waals surface area contributed by atoms with Gasteiger partial charge in [-0.1, -0.05) is 0 Å². The van der Waals surface area contributed by atoms with Gasteiger partial charge < -0.3 is 15.5 Å². The molecule has 0 bridgehead atoms. The van der Waals surface area contributed by atoms with Crippen molar-refractivity contribution in [2.24, 2.45) is 0 Å². The third-order valence-electron chi connectivity index (χ3n) is 3.13. The van der Waals surface area contributed by atoms with E-state index in [0.29, 0.717) is 30.9 Å². The number of nitrogen functional groups attached to an aromatic ring is 1. The van der Waals surface area contributed by atoms with Crippen molar-refractivity contribution in [1.82, 2.24) is 9.80 Å². The Morgan fingerprint density at radius 1 is 1.16 bits per heavy atom. The number of piperazine rings is 1. The van der Waals surface area contributed by atoms with E-state index in [-0.39, 0.29) is 6.54 Å². The monoisotopic (exact) mass is 265 g/mol. The maximum absolute atomic E-state index is 13.2. The number of hydrogen-bond acceptors (Lipinski definition) is 3. The molecule has 0 radical (unpaired) electrons. The lowest BCUT2D eigenvalue weighted by atomic mass is 10.1. The lowest BCUT2D eigenvalue weighted by molar-refractivity contribution is -0.156. The Morgan fingerprint density at radius 2 is 1.79 bits per heavy atom. The summed E-state index contributed by atoms with van der Waals surface area (Å²) in [5.41, 5.74) is 6.44. The van der Waals surface area contributed by atoms with Crippen LogP contribution in [0.5, 0.6) is 0 Å². The van der Waals surface area contributed by atoms with Gasteiger partial charge in [-0.2, -0.15) is 0 Å². The molecule has 102 valence electrons. The molecule has 1 aliphatic heterocycles. The first kappa shape index (κ1) is 13.3. The molecule has 0 spiro atoms. The van der Waals surface area contributed by atoms with E-state index in [9.17, 15) is 14.0 Å². The number of hydrogen-bond donors (Lipinski definition) is 1. The lowest BCUT2D eigenvalue weighted by Crippen LogP contribution is -2.53. The van der Waals surface area contributed by atoms with E-state index in [1.165, 1.54) is 21.9 Å². The van der Waals surface area contributed by atoms with Gasteiger partial charge in [0.15, 0.2) is 0 Å². The highest BCUT2D eigenvalue weighted by atomic mass is 19.1. The molecule has 2 amide bonds. The second-order valence-electron chi connectivity index (χ2n) is 4.50. The van der Waals surface area contributed by atoms with Crippen LogP contribution in [0, 0.1) is 5.82 Å². The van der Waals surface area contributed by atoms with Gasteiger partial charge in [-0.15, -0.1) is 0 Å². The summed E-state index contributed by atoms with van der Waals surface area (Å²) in [6.45, 7) is 3.50. The molecule has 0 saturated carbocycles. The molecule has 1 fully saturated rings. The first-order valence-electron chi connectivity index (χ1n) is 6.14. The van der Waals surface area contributed by atoms with E-state index in [1.807, 2.05) is 6.92 Å². The molecule has 2 N–H and O–H groups in total. The normalized spacial score (nSPS) is 16.1. The minimum absolute atomic E-state index is 0.198. The van der Waals surface area contributed by atoms with E-state index in [4.69, 9.17) is 5.73 Å². The van der Waals surface area contributed by atoms with Gasteiger partial charge >= 0.3 is 11.8 Å². The maximum Gasteiger partial charge on any atom is 0.312 e. The number of rotatable bonds is 3. The Balaban J connectivity index is 2.11. The van der Waals surface area contributed by atoms with Gasteiger partial charge in [0.25, 0.3) is 0 Å². The van der Waals surface area contributed by atoms with Gasteiger partial charge in [-0.25, -0.2) is 4.39 Å². The molecule has 19 heavy (non-hydrogen) atoms. The zero-order valence-corrected chi connectivity index (χ0v) is 10.7. The summed E-state index contributed by atoms with van der Waals surface area (Å²) in [7, 11) is 0. The summed E-state index contributed by atoms with van der Waals surface area (Å²) in [5, 5.41) is 0. The van der Waals surface area contributed by atoms with Crippen LogP contribution in [0.1, 0.15) is 12.5 Å². The van der Waals surface area contributed by atoms with Crippen molar-refractivity contribution in [2.75, 3.05) is 25.4 Å². The van der Waals surface area contributed by atoms with Crippen molar-refractivity contribution in [3.05, 3.63) is 29.6 Å². The molecule has 1 saturated heterocycles. The number of halogens is 1. The largest absolute Gasteiger partial charge is 0.399 e. The fourth-order valence-electron chi connectivity index (χ4n) is 2.15. The smallest absolute Gasteiger partial charge is 0.312 e. The standard InChI is InChI=1S/C13H16FN3O2/c1-2-16-3-4-17(13(19)12(16)18)8-9-5-10(14)7-11(15)6-9/h5-7H,2-4,8,15H2,1H3. The summed E-state index contributed by atoms with van der Waals surface area (Å²) in [6, 6.07) is 4.14. The molecule has 1 aromatic carbocycles. The summed E-state index contributed by atoms with van der Waals surface area (Å²) >= 11 is 0. The van der Waals surface area contributed by atoms with Crippen molar-refractivity contribution in [2.45, 2.75) is 13.5 Å². The van der Waals surface area contributed by atoms with Crippen molar-refractivity contribution in [1.29, 1.82) is 0 Å². The summed E-state index contributed by atoms with van der Waals surface area (Å²) < 4.78 is 13.2. The van der Waals surface area contributed by atoms with Crippen LogP contribution in [0.2, 0.25) is 0 Å². The number of amides is 2. The molecule has 1 aliphatic rings. The van der Waals surface area contributed by atoms with Gasteiger partial charge in [0.1, 0.15) is 5.82 Å². The predicted molar refractivity (Wildman–Crippen MR) is 68.5 cm³/mol. The molecule has 1 aromatic rings. The van der Waals surface area contributed by atoms with Gasteiger partial charge in [-0.3, -0.25) is 9.59 Å². The highest BCUT2D eigenvalue weighted by molar-refractivity contribution is 6.35. The van der Waals surface area contributed by atoms with E-state index in [0.717, 1.165) is 0 Å². The molecule has 0 atom stereocenters. The summed E-state index contributed by atoms with van der Waals surface area (Å²) in [4.78, 5) is 26.5. The SMILES string of the molecule is CCN1CCN(Cc2cc(N)cc(F)c2)C(=O)C1=O. The van der Waals surface area contributed by atoms with Gasteiger partial charge in [-0.05, 0) is 30.7 Å². The van der Waals surface area contributed by atoms with E-state index >= 15 is 0 Å². The molecule has 0 aliphatic carbocycles. The van der Waals surface area contributed by atoms with Gasteiger partial charge in [0.05, 0.1) is 0 Å². The molecular weight excluding hydrogens is 249 g/mol. The number of benzene rings is 1. The molecule has 0 unspecified atom stereocenters. The third-order valence-corrected chi connectivity index (χ3v) is 3.13. The van der Waals surface area contributed by atoms with Crippen molar-refractivity contribution >= 4 is 17.5 Å². The number of anilines is 1. The summed E-state index contributed by atoms with van der Waals surface area (Å²) in [6.07, 6.45) is 0. The maximum atomic E-state index is 13.2. The minimum Gasteiger partial charge on any atom is -0.399 e. The Labute approximate surface area is 110 Å². The fraction of sp³-hybridized carbons (Fsp3) is 0.385. The Morgan fingerprint density at radius 3 is 2.42 bits per heavy atom. The second kappa shape index (κ2) is 5.26. The molecular formula is C13H16FN3O2. The van der Waals surface area contributed by atoms with E-state index in [1.54, 1.807) is 6.07 Å². The van der Waals surface area contributed by atoms with Crippen molar-refractivity contribution < 1.29 is 14.0 Å². The van der Waals surface area contributed by atoms with Crippen LogP contribution in [0.4, 0.5) is 10.1 Å². The zero-order valence-electron chi connectivity index (χ0n) is 10.7. The van der Waals surface area contributed by atoms with Gasteiger partial charge in [0.2, 0.25) is 0 Å². The van der Waals surface area contributed by atoms with Gasteiger partial charge in [0, 0.05) is 31.9 Å². The van der Waals surface area contributed by atoms with E-state index < -0.39 is 17.6 Å². The first-order valence-corrected chi connectivity index (χ1v) is 6.14. The quantitative estimate of drug-likeness (QED) is 0.643. The average Bonchev–Trinajstić information content (AvgIpc) is 2.34. The van der Waals surface area contributed by atoms with Crippen LogP contribution in [0.25, 0.3) is 0 Å². The predicted octanol–water partition coefficient (Wildman–Crippen LogP) is 0.599. The average molecular weight is 265 g/mol. The molecule has 5 nitrogen and oxygen atoms in total. The number of likely N-dealkylation sites (N-methyl/N-ethyl adjacent to an activating group) is 1. The van der Waals surface area contributed by atoms with Crippen molar-refractivity contribution in [3.8, 4) is 0 Å². The van der Waals surface area contributed by atoms with E-state index in [2.05, 4.69) is 0 Å². The number of carbonyl (C=O) groups is 2. The highest BCUT2D eigenvalue weighted by Gasteiger charge is 2.31. The van der Waals surface area contributed by atoms with Crippen LogP contribution in [-0.4, -0.2) is 41.2 Å². The molecule has 1 heterocycles. The molecule has 6 heteroatoms. The number of nitrogens with zero attached hydrogens (tertiary/aromatic N) is 2. The van der Waals surface area contributed by atoms with Crippen molar-refractivity contribution in [3.63, 3.8) is 0 Å². The van der Waals surface area contributed by atoms with Crippen LogP contribution in [0.15, 0.2) is 18.2 Å². The molecule has 0 aromatic heterocycles. The minimum atomic E-state index is -0.545. The number of nitrogens with two attached hydrogens (primary N) is 1. The fourth-order valence-corrected chi connectivity index (χ4v) is 2.15. The number of carbonyl (C=O) groups excluding carboxylic acids is 2. The first-order chi connectivity index (χ1) is 9.01. The Hall–Kier alpha value is -2.11. The Bertz CT molecular complexity index is 498. The van der Waals surface area contributed by atoms with Crippen LogP contribution in [-0.2, 0) is 16.1 Å². The highest BCUT2D eigenvalue weighted by Crippen LogP contribution is 2.15. The lowest BCUT2D eigenvalue weighted by Gasteiger charge is -2.33. The third kappa shape index (κ3) is 2.83. The summed E-state index contributed by atoms with van der Waals surface area (Å²) in [5.74, 6) is -1.49. The second-order valence-corrected chi connectivity index (χ2v) is 4.50. The van der Waals surface area contributed by atoms with Crippen LogP contribution < -0.4 is 5.73 Å². The zero-order chi connectivity index (χ0) is 14.0. The molecule has 2 rings (SSSR count). The Kier molecular flexibility index (Phi) is 3.69. The topological polar surface area (TPSA) is 66.6 Å².